The number of rotatable bonds is 7. The molecule has 0 bridgehead atoms. The number of ether oxygens (including phenoxy) is 2. The van der Waals surface area contributed by atoms with Gasteiger partial charge < -0.3 is 25.0 Å². The standard InChI is InChI=1S/C20H31FN4O3.HI/c1-14(15-8-9-18(27-4)17(21)11-15)24-20(23-13-19(26)25(2)3)22-12-16-7-5-6-10-28-16;/h8-9,11,14,16H,5-7,10,12-13H2,1-4H3,(H2,22,23,24);1H. The van der Waals surface area contributed by atoms with Gasteiger partial charge in [0.1, 0.15) is 6.54 Å². The first-order valence-electron chi connectivity index (χ1n) is 9.60. The largest absolute Gasteiger partial charge is 0.494 e. The molecular weight excluding hydrogens is 490 g/mol. The molecule has 0 aromatic heterocycles. The lowest BCUT2D eigenvalue weighted by molar-refractivity contribution is -0.127. The highest BCUT2D eigenvalue weighted by molar-refractivity contribution is 14.0. The Hall–Kier alpha value is -1.62. The van der Waals surface area contributed by atoms with Gasteiger partial charge in [0, 0.05) is 27.2 Å². The molecule has 1 amide bonds. The lowest BCUT2D eigenvalue weighted by Gasteiger charge is -2.25. The number of nitrogens with one attached hydrogen (secondary N) is 2. The zero-order chi connectivity index (χ0) is 20.5. The fourth-order valence-electron chi connectivity index (χ4n) is 2.86. The van der Waals surface area contributed by atoms with Crippen LogP contribution in [0.25, 0.3) is 0 Å². The van der Waals surface area contributed by atoms with Crippen molar-refractivity contribution in [2.45, 2.75) is 38.3 Å². The number of hydrogen-bond donors (Lipinski definition) is 2. The Morgan fingerprint density at radius 2 is 2.17 bits per heavy atom. The average molecular weight is 522 g/mol. The van der Waals surface area contributed by atoms with Gasteiger partial charge in [-0.2, -0.15) is 0 Å². The molecule has 164 valence electrons. The summed E-state index contributed by atoms with van der Waals surface area (Å²) in [6.07, 6.45) is 3.36. The molecule has 1 saturated heterocycles. The molecule has 7 nitrogen and oxygen atoms in total. The topological polar surface area (TPSA) is 75.2 Å². The van der Waals surface area contributed by atoms with Gasteiger partial charge in [0.2, 0.25) is 5.91 Å². The number of halogens is 2. The summed E-state index contributed by atoms with van der Waals surface area (Å²) in [5.74, 6) is 0.179. The number of carbonyl (C=O) groups excluding carboxylic acids is 1. The molecule has 1 aromatic carbocycles. The molecular formula is C20H32FIN4O3. The van der Waals surface area contributed by atoms with E-state index in [1.165, 1.54) is 18.1 Å². The quantitative estimate of drug-likeness (QED) is 0.328. The summed E-state index contributed by atoms with van der Waals surface area (Å²) in [4.78, 5) is 17.8. The molecule has 1 heterocycles. The van der Waals surface area contributed by atoms with E-state index in [2.05, 4.69) is 15.6 Å². The molecule has 2 unspecified atom stereocenters. The normalized spacial score (nSPS) is 17.7. The minimum Gasteiger partial charge on any atom is -0.494 e. The molecule has 0 spiro atoms. The maximum atomic E-state index is 14.0. The summed E-state index contributed by atoms with van der Waals surface area (Å²) >= 11 is 0. The van der Waals surface area contributed by atoms with Crippen molar-refractivity contribution >= 4 is 35.8 Å². The molecule has 2 N–H and O–H groups in total. The fraction of sp³-hybridized carbons (Fsp3) is 0.600. The highest BCUT2D eigenvalue weighted by Gasteiger charge is 2.16. The molecule has 9 heteroatoms. The first kappa shape index (κ1) is 25.4. The van der Waals surface area contributed by atoms with E-state index in [1.807, 2.05) is 6.92 Å². The second kappa shape index (κ2) is 12.8. The van der Waals surface area contributed by atoms with Crippen molar-refractivity contribution in [3.8, 4) is 5.75 Å². The van der Waals surface area contributed by atoms with Crippen molar-refractivity contribution in [1.29, 1.82) is 0 Å². The van der Waals surface area contributed by atoms with Crippen LogP contribution in [0.2, 0.25) is 0 Å². The molecule has 1 fully saturated rings. The zero-order valence-electron chi connectivity index (χ0n) is 17.5. The molecule has 1 aromatic rings. The van der Waals surface area contributed by atoms with E-state index in [-0.39, 0.29) is 54.3 Å². The Morgan fingerprint density at radius 1 is 1.41 bits per heavy atom. The van der Waals surface area contributed by atoms with Gasteiger partial charge in [0.15, 0.2) is 17.5 Å². The van der Waals surface area contributed by atoms with Gasteiger partial charge in [-0.05, 0) is 43.9 Å². The van der Waals surface area contributed by atoms with Gasteiger partial charge in [-0.3, -0.25) is 4.79 Å². The smallest absolute Gasteiger partial charge is 0.243 e. The third-order valence-electron chi connectivity index (χ3n) is 4.67. The zero-order valence-corrected chi connectivity index (χ0v) is 19.9. The molecule has 2 atom stereocenters. The van der Waals surface area contributed by atoms with E-state index in [1.54, 1.807) is 26.2 Å². The third kappa shape index (κ3) is 8.33. The number of aliphatic imine (C=N–C) groups is 1. The van der Waals surface area contributed by atoms with Gasteiger partial charge in [0.25, 0.3) is 0 Å². The molecule has 0 aliphatic carbocycles. The van der Waals surface area contributed by atoms with Gasteiger partial charge in [-0.15, -0.1) is 24.0 Å². The average Bonchev–Trinajstić information content (AvgIpc) is 2.70. The van der Waals surface area contributed by atoms with E-state index in [0.717, 1.165) is 31.4 Å². The van der Waals surface area contributed by atoms with Crippen molar-refractivity contribution in [2.75, 3.05) is 40.9 Å². The third-order valence-corrected chi connectivity index (χ3v) is 4.67. The Labute approximate surface area is 189 Å². The lowest BCUT2D eigenvalue weighted by Crippen LogP contribution is -2.44. The second-order valence-corrected chi connectivity index (χ2v) is 7.08. The fourth-order valence-corrected chi connectivity index (χ4v) is 2.86. The monoisotopic (exact) mass is 522 g/mol. The minimum atomic E-state index is -0.418. The summed E-state index contributed by atoms with van der Waals surface area (Å²) in [5, 5.41) is 6.48. The highest BCUT2D eigenvalue weighted by atomic mass is 127. The van der Waals surface area contributed by atoms with E-state index < -0.39 is 5.82 Å². The number of likely N-dealkylation sites (N-methyl/N-ethyl adjacent to an activating group) is 1. The van der Waals surface area contributed by atoms with Crippen molar-refractivity contribution in [1.82, 2.24) is 15.5 Å². The van der Waals surface area contributed by atoms with E-state index in [0.29, 0.717) is 12.5 Å². The number of carbonyl (C=O) groups is 1. The predicted molar refractivity (Wildman–Crippen MR) is 123 cm³/mol. The van der Waals surface area contributed by atoms with E-state index in [9.17, 15) is 9.18 Å². The minimum absolute atomic E-state index is 0. The molecule has 0 radical (unpaired) electrons. The van der Waals surface area contributed by atoms with Crippen LogP contribution in [-0.4, -0.2) is 63.8 Å². The van der Waals surface area contributed by atoms with Crippen LogP contribution in [0.5, 0.6) is 5.75 Å². The van der Waals surface area contributed by atoms with Crippen LogP contribution in [-0.2, 0) is 9.53 Å². The summed E-state index contributed by atoms with van der Waals surface area (Å²) < 4.78 is 24.7. The number of nitrogens with zero attached hydrogens (tertiary/aromatic N) is 2. The van der Waals surface area contributed by atoms with Gasteiger partial charge >= 0.3 is 0 Å². The molecule has 0 saturated carbocycles. The van der Waals surface area contributed by atoms with E-state index >= 15 is 0 Å². The number of amides is 1. The second-order valence-electron chi connectivity index (χ2n) is 7.08. The first-order valence-corrected chi connectivity index (χ1v) is 9.60. The summed E-state index contributed by atoms with van der Waals surface area (Å²) in [6, 6.07) is 4.61. The van der Waals surface area contributed by atoms with Crippen molar-refractivity contribution in [2.24, 2.45) is 4.99 Å². The number of guanidine groups is 1. The van der Waals surface area contributed by atoms with Gasteiger partial charge in [-0.25, -0.2) is 9.38 Å². The predicted octanol–water partition coefficient (Wildman–Crippen LogP) is 2.71. The number of benzene rings is 1. The van der Waals surface area contributed by atoms with Crippen LogP contribution < -0.4 is 15.4 Å². The van der Waals surface area contributed by atoms with Crippen LogP contribution in [0, 0.1) is 5.82 Å². The Balaban J connectivity index is 0.00000420. The number of methoxy groups -OCH3 is 1. The Bertz CT molecular complexity index is 682. The summed E-state index contributed by atoms with van der Waals surface area (Å²) in [7, 11) is 4.82. The maximum absolute atomic E-state index is 14.0. The van der Waals surface area contributed by atoms with Crippen LogP contribution in [0.1, 0.15) is 37.8 Å². The molecule has 29 heavy (non-hydrogen) atoms. The van der Waals surface area contributed by atoms with Crippen LogP contribution in [0.15, 0.2) is 23.2 Å². The summed E-state index contributed by atoms with van der Waals surface area (Å²) in [5.41, 5.74) is 0.751. The van der Waals surface area contributed by atoms with Crippen molar-refractivity contribution in [3.63, 3.8) is 0 Å². The molecule has 1 aliphatic heterocycles. The van der Waals surface area contributed by atoms with Gasteiger partial charge in [-0.1, -0.05) is 6.07 Å². The van der Waals surface area contributed by atoms with Crippen LogP contribution in [0.4, 0.5) is 4.39 Å². The van der Waals surface area contributed by atoms with Gasteiger partial charge in [0.05, 0.1) is 19.3 Å². The maximum Gasteiger partial charge on any atom is 0.243 e. The summed E-state index contributed by atoms with van der Waals surface area (Å²) in [6.45, 7) is 3.31. The van der Waals surface area contributed by atoms with Crippen molar-refractivity contribution < 1.29 is 18.7 Å². The lowest BCUT2D eigenvalue weighted by atomic mass is 10.1. The molecule has 2 rings (SSSR count). The highest BCUT2D eigenvalue weighted by Crippen LogP contribution is 2.21. The first-order chi connectivity index (χ1) is 13.4. The van der Waals surface area contributed by atoms with Crippen molar-refractivity contribution in [3.05, 3.63) is 29.6 Å². The number of hydrogen-bond acceptors (Lipinski definition) is 4. The molecule has 1 aliphatic rings. The van der Waals surface area contributed by atoms with Crippen LogP contribution >= 0.6 is 24.0 Å². The Morgan fingerprint density at radius 3 is 2.76 bits per heavy atom. The Kier molecular flexibility index (Phi) is 11.3. The SMILES string of the molecule is COc1ccc(C(C)NC(=NCC(=O)N(C)C)NCC2CCCCO2)cc1F.I. The van der Waals surface area contributed by atoms with Crippen LogP contribution in [0.3, 0.4) is 0 Å². The van der Waals surface area contributed by atoms with E-state index in [4.69, 9.17) is 9.47 Å².